The molecule has 1 N–H and O–H groups in total. The molecule has 0 aliphatic carbocycles. The molecule has 0 amide bonds. The molecule has 3 rings (SSSR count). The van der Waals surface area contributed by atoms with E-state index in [4.69, 9.17) is 4.74 Å². The van der Waals surface area contributed by atoms with Crippen molar-refractivity contribution >= 4 is 17.0 Å². The van der Waals surface area contributed by atoms with E-state index in [0.29, 0.717) is 0 Å². The van der Waals surface area contributed by atoms with E-state index in [2.05, 4.69) is 48.1 Å². The molecule has 1 aliphatic heterocycles. The Bertz CT molecular complexity index is 519. The quantitative estimate of drug-likeness (QED) is 0.861. The van der Waals surface area contributed by atoms with Gasteiger partial charge in [-0.3, -0.25) is 0 Å². The summed E-state index contributed by atoms with van der Waals surface area (Å²) >= 11 is 1.70. The topological polar surface area (TPSA) is 21.3 Å². The Hall–Kier alpha value is -1.48. The number of benzene rings is 1. The maximum Gasteiger partial charge on any atom is 0.128 e. The molecule has 1 atom stereocenters. The van der Waals surface area contributed by atoms with Crippen LogP contribution < -0.4 is 10.1 Å². The predicted octanol–water partition coefficient (Wildman–Crippen LogP) is 4.07. The largest absolute Gasteiger partial charge is 0.485 e. The van der Waals surface area contributed by atoms with Crippen molar-refractivity contribution in [2.24, 2.45) is 0 Å². The van der Waals surface area contributed by atoms with Crippen molar-refractivity contribution in [3.63, 3.8) is 0 Å². The van der Waals surface area contributed by atoms with Gasteiger partial charge in [-0.2, -0.15) is 11.3 Å². The Balaban J connectivity index is 1.97. The van der Waals surface area contributed by atoms with Crippen molar-refractivity contribution in [2.45, 2.75) is 25.5 Å². The van der Waals surface area contributed by atoms with Crippen LogP contribution in [0.3, 0.4) is 0 Å². The first-order valence-electron chi connectivity index (χ1n) is 5.73. The van der Waals surface area contributed by atoms with Crippen molar-refractivity contribution in [1.29, 1.82) is 0 Å². The second kappa shape index (κ2) is 3.77. The summed E-state index contributed by atoms with van der Waals surface area (Å²) in [7, 11) is 0. The lowest BCUT2D eigenvalue weighted by atomic mass is 9.94. The minimum Gasteiger partial charge on any atom is -0.485 e. The highest BCUT2D eigenvalue weighted by Gasteiger charge is 2.40. The van der Waals surface area contributed by atoms with Crippen LogP contribution in [0.2, 0.25) is 0 Å². The third-order valence-electron chi connectivity index (χ3n) is 3.13. The summed E-state index contributed by atoms with van der Waals surface area (Å²) in [4.78, 5) is 0. The SMILES string of the molecule is CC1(C)Oc2ccccc2C1Nc1ccsc1. The minimum absolute atomic E-state index is 0.202. The van der Waals surface area contributed by atoms with Crippen LogP contribution >= 0.6 is 11.3 Å². The van der Waals surface area contributed by atoms with Crippen LogP contribution in [-0.2, 0) is 0 Å². The molecule has 1 unspecified atom stereocenters. The molecule has 0 saturated heterocycles. The van der Waals surface area contributed by atoms with E-state index >= 15 is 0 Å². The van der Waals surface area contributed by atoms with Gasteiger partial charge in [0.25, 0.3) is 0 Å². The maximum absolute atomic E-state index is 6.00. The zero-order valence-electron chi connectivity index (χ0n) is 9.94. The molecule has 2 aromatic rings. The number of rotatable bonds is 2. The average molecular weight is 245 g/mol. The molecule has 88 valence electrons. The van der Waals surface area contributed by atoms with Gasteiger partial charge in [-0.1, -0.05) is 18.2 Å². The molecular weight excluding hydrogens is 230 g/mol. The Morgan fingerprint density at radius 2 is 2.06 bits per heavy atom. The molecule has 1 aromatic heterocycles. The molecule has 1 aromatic carbocycles. The lowest BCUT2D eigenvalue weighted by Crippen LogP contribution is -2.34. The van der Waals surface area contributed by atoms with E-state index in [1.807, 2.05) is 12.1 Å². The van der Waals surface area contributed by atoms with Crippen LogP contribution in [0.25, 0.3) is 0 Å². The Kier molecular flexibility index (Phi) is 2.37. The number of anilines is 1. The van der Waals surface area contributed by atoms with Crippen LogP contribution in [0, 0.1) is 0 Å². The van der Waals surface area contributed by atoms with E-state index in [1.165, 1.54) is 5.56 Å². The smallest absolute Gasteiger partial charge is 0.128 e. The van der Waals surface area contributed by atoms with Gasteiger partial charge in [0.05, 0.1) is 6.04 Å². The molecule has 2 heterocycles. The number of nitrogens with one attached hydrogen (secondary N) is 1. The highest BCUT2D eigenvalue weighted by atomic mass is 32.1. The van der Waals surface area contributed by atoms with Crippen molar-refractivity contribution in [3.05, 3.63) is 46.7 Å². The second-order valence-corrected chi connectivity index (χ2v) is 5.61. The third kappa shape index (κ3) is 1.80. The molecule has 0 spiro atoms. The zero-order valence-corrected chi connectivity index (χ0v) is 10.8. The Morgan fingerprint density at radius 3 is 2.82 bits per heavy atom. The number of para-hydroxylation sites is 1. The van der Waals surface area contributed by atoms with E-state index < -0.39 is 0 Å². The summed E-state index contributed by atoms with van der Waals surface area (Å²) in [5.74, 6) is 0.991. The fraction of sp³-hybridized carbons (Fsp3) is 0.286. The van der Waals surface area contributed by atoms with Crippen molar-refractivity contribution in [2.75, 3.05) is 5.32 Å². The predicted molar refractivity (Wildman–Crippen MR) is 71.8 cm³/mol. The minimum atomic E-state index is -0.217. The third-order valence-corrected chi connectivity index (χ3v) is 3.81. The van der Waals surface area contributed by atoms with Gasteiger partial charge >= 0.3 is 0 Å². The lowest BCUT2D eigenvalue weighted by molar-refractivity contribution is 0.118. The monoisotopic (exact) mass is 245 g/mol. The van der Waals surface area contributed by atoms with Gasteiger partial charge in [0.15, 0.2) is 0 Å². The fourth-order valence-corrected chi connectivity index (χ4v) is 2.89. The summed E-state index contributed by atoms with van der Waals surface area (Å²) in [6.07, 6.45) is 0. The number of thiophene rings is 1. The number of hydrogen-bond acceptors (Lipinski definition) is 3. The van der Waals surface area contributed by atoms with Crippen LogP contribution in [0.15, 0.2) is 41.1 Å². The van der Waals surface area contributed by atoms with E-state index in [9.17, 15) is 0 Å². The van der Waals surface area contributed by atoms with Gasteiger partial charge in [0.1, 0.15) is 11.4 Å². The van der Waals surface area contributed by atoms with Crippen LogP contribution in [-0.4, -0.2) is 5.60 Å². The molecule has 17 heavy (non-hydrogen) atoms. The van der Waals surface area contributed by atoms with Gasteiger partial charge < -0.3 is 10.1 Å². The first kappa shape index (κ1) is 10.7. The van der Waals surface area contributed by atoms with Crippen molar-refractivity contribution < 1.29 is 4.74 Å². The second-order valence-electron chi connectivity index (χ2n) is 4.83. The lowest BCUT2D eigenvalue weighted by Gasteiger charge is -2.27. The summed E-state index contributed by atoms with van der Waals surface area (Å²) in [6.45, 7) is 4.24. The molecule has 3 heteroatoms. The Labute approximate surface area is 105 Å². The highest BCUT2D eigenvalue weighted by molar-refractivity contribution is 7.08. The molecule has 0 saturated carbocycles. The van der Waals surface area contributed by atoms with Crippen LogP contribution in [0.4, 0.5) is 5.69 Å². The number of hydrogen-bond donors (Lipinski definition) is 1. The molecule has 0 bridgehead atoms. The fourth-order valence-electron chi connectivity index (χ4n) is 2.29. The normalized spacial score (nSPS) is 20.7. The summed E-state index contributed by atoms with van der Waals surface area (Å²) in [5, 5.41) is 7.76. The van der Waals surface area contributed by atoms with Crippen molar-refractivity contribution in [1.82, 2.24) is 0 Å². The summed E-state index contributed by atoms with van der Waals surface area (Å²) < 4.78 is 6.00. The highest BCUT2D eigenvalue weighted by Crippen LogP contribution is 2.44. The van der Waals surface area contributed by atoms with Gasteiger partial charge in [-0.15, -0.1) is 0 Å². The standard InChI is InChI=1S/C14H15NOS/c1-14(2)13(15-10-7-8-17-9-10)11-5-3-4-6-12(11)16-14/h3-9,13,15H,1-2H3. The molecule has 2 nitrogen and oxygen atoms in total. The van der Waals surface area contributed by atoms with E-state index in [1.54, 1.807) is 11.3 Å². The van der Waals surface area contributed by atoms with E-state index in [-0.39, 0.29) is 11.6 Å². The zero-order chi connectivity index (χ0) is 11.9. The number of fused-ring (bicyclic) bond motifs is 1. The first-order chi connectivity index (χ1) is 8.17. The van der Waals surface area contributed by atoms with Gasteiger partial charge in [-0.25, -0.2) is 0 Å². The Morgan fingerprint density at radius 1 is 1.24 bits per heavy atom. The van der Waals surface area contributed by atoms with Gasteiger partial charge in [-0.05, 0) is 31.4 Å². The average Bonchev–Trinajstić information content (AvgIpc) is 2.86. The molecule has 0 fully saturated rings. The molecular formula is C14H15NOS. The van der Waals surface area contributed by atoms with Crippen molar-refractivity contribution in [3.8, 4) is 5.75 Å². The van der Waals surface area contributed by atoms with Crippen LogP contribution in [0.5, 0.6) is 5.75 Å². The first-order valence-corrected chi connectivity index (χ1v) is 6.68. The molecule has 0 radical (unpaired) electrons. The van der Waals surface area contributed by atoms with Crippen LogP contribution in [0.1, 0.15) is 25.5 Å². The number of ether oxygens (including phenoxy) is 1. The maximum atomic E-state index is 6.00. The van der Waals surface area contributed by atoms with Gasteiger partial charge in [0, 0.05) is 16.6 Å². The molecule has 1 aliphatic rings. The summed E-state index contributed by atoms with van der Waals surface area (Å²) in [5.41, 5.74) is 2.18. The van der Waals surface area contributed by atoms with E-state index in [0.717, 1.165) is 11.4 Å². The van der Waals surface area contributed by atoms with Gasteiger partial charge in [0.2, 0.25) is 0 Å². The summed E-state index contributed by atoms with van der Waals surface area (Å²) in [6, 6.07) is 10.5.